The number of hydrogen-bond acceptors (Lipinski definition) is 2. The molecular formula is C9H17NO. The summed E-state index contributed by atoms with van der Waals surface area (Å²) in [6, 6.07) is 0. The zero-order chi connectivity index (χ0) is 7.90. The normalized spacial score (nSPS) is 49.6. The van der Waals surface area contributed by atoms with E-state index in [2.05, 4.69) is 0 Å². The lowest BCUT2D eigenvalue weighted by Crippen LogP contribution is -2.52. The van der Waals surface area contributed by atoms with Crippen molar-refractivity contribution in [1.82, 2.24) is 0 Å². The minimum atomic E-state index is -0.485. The fourth-order valence-corrected chi connectivity index (χ4v) is 2.82. The lowest BCUT2D eigenvalue weighted by atomic mass is 9.62. The average Bonchev–Trinajstić information content (AvgIpc) is 2.06. The van der Waals surface area contributed by atoms with E-state index in [4.69, 9.17) is 5.73 Å². The zero-order valence-electron chi connectivity index (χ0n) is 6.92. The van der Waals surface area contributed by atoms with Crippen molar-refractivity contribution >= 4 is 0 Å². The minimum absolute atomic E-state index is 0.466. The quantitative estimate of drug-likeness (QED) is 0.590. The summed E-state index contributed by atoms with van der Waals surface area (Å²) in [6.45, 7) is 0.466. The van der Waals surface area contributed by atoms with E-state index in [1.165, 1.54) is 25.7 Å². The van der Waals surface area contributed by atoms with Crippen LogP contribution in [0.15, 0.2) is 0 Å². The van der Waals surface area contributed by atoms with Crippen LogP contribution in [0.25, 0.3) is 0 Å². The van der Waals surface area contributed by atoms with Crippen LogP contribution in [0.1, 0.15) is 32.1 Å². The van der Waals surface area contributed by atoms with E-state index in [0.29, 0.717) is 12.5 Å². The molecule has 2 heteroatoms. The predicted octanol–water partition coefficient (Wildman–Crippen LogP) is 0.886. The summed E-state index contributed by atoms with van der Waals surface area (Å²) in [6.07, 6.45) is 6.03. The largest absolute Gasteiger partial charge is 0.388 e. The third-order valence-corrected chi connectivity index (χ3v) is 3.60. The van der Waals surface area contributed by atoms with E-state index in [0.717, 1.165) is 12.3 Å². The summed E-state index contributed by atoms with van der Waals surface area (Å²) in [5.41, 5.74) is 5.09. The van der Waals surface area contributed by atoms with Gasteiger partial charge in [0.2, 0.25) is 0 Å². The predicted molar refractivity (Wildman–Crippen MR) is 44.1 cm³/mol. The minimum Gasteiger partial charge on any atom is -0.388 e. The lowest BCUT2D eigenvalue weighted by Gasteiger charge is -2.48. The molecule has 1 unspecified atom stereocenters. The molecule has 0 radical (unpaired) electrons. The molecule has 3 aliphatic rings. The second-order valence-electron chi connectivity index (χ2n) is 4.23. The molecule has 0 aromatic heterocycles. The van der Waals surface area contributed by atoms with Crippen LogP contribution in [0.3, 0.4) is 0 Å². The summed E-state index contributed by atoms with van der Waals surface area (Å²) in [4.78, 5) is 0. The van der Waals surface area contributed by atoms with Crippen LogP contribution in [0.4, 0.5) is 0 Å². The van der Waals surface area contributed by atoms with Crippen LogP contribution < -0.4 is 5.73 Å². The Morgan fingerprint density at radius 2 is 1.91 bits per heavy atom. The maximum Gasteiger partial charge on any atom is 0.0800 e. The molecule has 3 aliphatic carbocycles. The van der Waals surface area contributed by atoms with Gasteiger partial charge >= 0.3 is 0 Å². The Bertz CT molecular complexity index is 152. The van der Waals surface area contributed by atoms with Gasteiger partial charge in [-0.15, -0.1) is 0 Å². The van der Waals surface area contributed by atoms with Gasteiger partial charge in [0.15, 0.2) is 0 Å². The molecular weight excluding hydrogens is 138 g/mol. The second kappa shape index (κ2) is 2.46. The summed E-state index contributed by atoms with van der Waals surface area (Å²) in [5, 5.41) is 10.0. The molecule has 3 N–H and O–H groups in total. The van der Waals surface area contributed by atoms with Gasteiger partial charge in [-0.25, -0.2) is 0 Å². The molecule has 3 fully saturated rings. The lowest BCUT2D eigenvalue weighted by molar-refractivity contribution is -0.0896. The van der Waals surface area contributed by atoms with E-state index in [1.54, 1.807) is 0 Å². The van der Waals surface area contributed by atoms with Gasteiger partial charge in [0.05, 0.1) is 5.60 Å². The molecule has 0 spiro atoms. The molecule has 0 aromatic carbocycles. The van der Waals surface area contributed by atoms with Crippen molar-refractivity contribution in [3.05, 3.63) is 0 Å². The van der Waals surface area contributed by atoms with E-state index in [-0.39, 0.29) is 0 Å². The highest BCUT2D eigenvalue weighted by atomic mass is 16.3. The van der Waals surface area contributed by atoms with E-state index < -0.39 is 5.60 Å². The number of aliphatic hydroxyl groups is 1. The van der Waals surface area contributed by atoms with Crippen LogP contribution in [-0.2, 0) is 0 Å². The van der Waals surface area contributed by atoms with Gasteiger partial charge in [-0.05, 0) is 43.9 Å². The van der Waals surface area contributed by atoms with Crippen molar-refractivity contribution in [2.75, 3.05) is 6.54 Å². The maximum absolute atomic E-state index is 10.0. The smallest absolute Gasteiger partial charge is 0.0800 e. The molecule has 0 aliphatic heterocycles. The van der Waals surface area contributed by atoms with Crippen LogP contribution in [0, 0.1) is 11.8 Å². The molecule has 11 heavy (non-hydrogen) atoms. The Labute approximate surface area is 67.8 Å². The molecule has 0 aromatic rings. The first-order valence-electron chi connectivity index (χ1n) is 4.67. The number of nitrogens with two attached hydrogens (primary N) is 1. The number of hydrogen-bond donors (Lipinski definition) is 2. The van der Waals surface area contributed by atoms with Crippen molar-refractivity contribution in [3.8, 4) is 0 Å². The van der Waals surface area contributed by atoms with Crippen molar-refractivity contribution in [2.45, 2.75) is 37.7 Å². The Morgan fingerprint density at radius 3 is 2.18 bits per heavy atom. The Kier molecular flexibility index (Phi) is 1.69. The first-order valence-corrected chi connectivity index (χ1v) is 4.67. The summed E-state index contributed by atoms with van der Waals surface area (Å²) >= 11 is 0. The molecule has 2 nitrogen and oxygen atoms in total. The van der Waals surface area contributed by atoms with Gasteiger partial charge in [0, 0.05) is 6.54 Å². The van der Waals surface area contributed by atoms with E-state index >= 15 is 0 Å². The molecule has 0 amide bonds. The standard InChI is InChI=1S/C9H17NO/c10-6-9(11)5-7-1-3-8(9)4-2-7/h7-8,11H,1-6,10H2. The van der Waals surface area contributed by atoms with Gasteiger partial charge in [0.25, 0.3) is 0 Å². The maximum atomic E-state index is 10.0. The Hall–Kier alpha value is -0.0800. The highest BCUT2D eigenvalue weighted by Crippen LogP contribution is 2.46. The fourth-order valence-electron chi connectivity index (χ4n) is 2.82. The SMILES string of the molecule is NCC1(O)CC2CCC1CC2. The molecule has 0 saturated heterocycles. The third-order valence-electron chi connectivity index (χ3n) is 3.60. The van der Waals surface area contributed by atoms with Crippen LogP contribution in [0.5, 0.6) is 0 Å². The molecule has 2 bridgehead atoms. The van der Waals surface area contributed by atoms with Gasteiger partial charge in [-0.2, -0.15) is 0 Å². The Balaban J connectivity index is 2.13. The van der Waals surface area contributed by atoms with Gasteiger partial charge < -0.3 is 10.8 Å². The fraction of sp³-hybridized carbons (Fsp3) is 1.00. The summed E-state index contributed by atoms with van der Waals surface area (Å²) < 4.78 is 0. The van der Waals surface area contributed by atoms with Crippen molar-refractivity contribution in [1.29, 1.82) is 0 Å². The second-order valence-corrected chi connectivity index (χ2v) is 4.23. The van der Waals surface area contributed by atoms with Gasteiger partial charge in [0.1, 0.15) is 0 Å². The summed E-state index contributed by atoms with van der Waals surface area (Å²) in [7, 11) is 0. The highest BCUT2D eigenvalue weighted by Gasteiger charge is 2.44. The van der Waals surface area contributed by atoms with Crippen molar-refractivity contribution in [2.24, 2.45) is 17.6 Å². The number of fused-ring (bicyclic) bond motifs is 3. The monoisotopic (exact) mass is 155 g/mol. The average molecular weight is 155 g/mol. The van der Waals surface area contributed by atoms with Crippen LogP contribution >= 0.6 is 0 Å². The first-order chi connectivity index (χ1) is 5.24. The molecule has 3 rings (SSSR count). The van der Waals surface area contributed by atoms with E-state index in [9.17, 15) is 5.11 Å². The van der Waals surface area contributed by atoms with Crippen molar-refractivity contribution in [3.63, 3.8) is 0 Å². The molecule has 0 heterocycles. The van der Waals surface area contributed by atoms with Crippen LogP contribution in [0.2, 0.25) is 0 Å². The van der Waals surface area contributed by atoms with Crippen LogP contribution in [-0.4, -0.2) is 17.3 Å². The zero-order valence-corrected chi connectivity index (χ0v) is 6.92. The molecule has 64 valence electrons. The van der Waals surface area contributed by atoms with Gasteiger partial charge in [-0.1, -0.05) is 0 Å². The number of rotatable bonds is 1. The Morgan fingerprint density at radius 1 is 1.27 bits per heavy atom. The molecule has 1 atom stereocenters. The summed E-state index contributed by atoms with van der Waals surface area (Å²) in [5.74, 6) is 1.28. The third kappa shape index (κ3) is 1.09. The first kappa shape index (κ1) is 7.56. The van der Waals surface area contributed by atoms with E-state index in [1.807, 2.05) is 0 Å². The topological polar surface area (TPSA) is 46.2 Å². The highest BCUT2D eigenvalue weighted by molar-refractivity contribution is 4.97. The molecule has 3 saturated carbocycles. The van der Waals surface area contributed by atoms with Gasteiger partial charge in [-0.3, -0.25) is 0 Å². The van der Waals surface area contributed by atoms with Crippen molar-refractivity contribution < 1.29 is 5.11 Å².